The highest BCUT2D eigenvalue weighted by Crippen LogP contribution is 2.35. The predicted molar refractivity (Wildman–Crippen MR) is 112 cm³/mol. The zero-order valence-electron chi connectivity index (χ0n) is 16.1. The highest BCUT2D eigenvalue weighted by Gasteiger charge is 2.33. The summed E-state index contributed by atoms with van der Waals surface area (Å²) in [6, 6.07) is 11.8. The van der Waals surface area contributed by atoms with E-state index >= 15 is 0 Å². The predicted octanol–water partition coefficient (Wildman–Crippen LogP) is 3.39. The van der Waals surface area contributed by atoms with Gasteiger partial charge in [0, 0.05) is 13.2 Å². The minimum Gasteiger partial charge on any atom is -0.497 e. The Morgan fingerprint density at radius 2 is 1.97 bits per heavy atom. The van der Waals surface area contributed by atoms with Crippen molar-refractivity contribution in [1.29, 1.82) is 0 Å². The number of fused-ring (bicyclic) bond motifs is 1. The SMILES string of the molecule is COc1cccc([C@@H](C)N(c2cnn(C)c2)S(=O)(=O)c2cccc3nsnc23)c1. The van der Waals surface area contributed by atoms with Gasteiger partial charge in [0.05, 0.1) is 36.8 Å². The minimum absolute atomic E-state index is 0.113. The van der Waals surface area contributed by atoms with Crippen molar-refractivity contribution in [3.05, 3.63) is 60.4 Å². The Hall–Kier alpha value is -2.98. The average molecular weight is 430 g/mol. The van der Waals surface area contributed by atoms with Gasteiger partial charge in [0.1, 0.15) is 21.7 Å². The molecule has 0 unspecified atom stereocenters. The molecule has 0 aliphatic carbocycles. The smallest absolute Gasteiger partial charge is 0.267 e. The van der Waals surface area contributed by atoms with Crippen molar-refractivity contribution in [3.8, 4) is 5.75 Å². The lowest BCUT2D eigenvalue weighted by Crippen LogP contribution is -2.33. The van der Waals surface area contributed by atoms with Crippen LogP contribution in [0.25, 0.3) is 11.0 Å². The molecule has 1 atom stereocenters. The topological polar surface area (TPSA) is 90.2 Å². The highest BCUT2D eigenvalue weighted by atomic mass is 32.2. The summed E-state index contributed by atoms with van der Waals surface area (Å²) in [5.41, 5.74) is 2.17. The van der Waals surface area contributed by atoms with Crippen molar-refractivity contribution in [3.63, 3.8) is 0 Å². The van der Waals surface area contributed by atoms with E-state index in [1.54, 1.807) is 43.2 Å². The quantitative estimate of drug-likeness (QED) is 0.467. The van der Waals surface area contributed by atoms with E-state index in [4.69, 9.17) is 4.74 Å². The number of hydrogen-bond acceptors (Lipinski definition) is 7. The molecule has 0 aliphatic rings. The third-order valence-corrected chi connectivity index (χ3v) is 7.13. The van der Waals surface area contributed by atoms with Gasteiger partial charge >= 0.3 is 0 Å². The molecule has 150 valence electrons. The molecule has 2 aromatic carbocycles. The van der Waals surface area contributed by atoms with Crippen LogP contribution in [-0.4, -0.2) is 34.1 Å². The Labute approximate surface area is 172 Å². The van der Waals surface area contributed by atoms with Crippen LogP contribution in [0.15, 0.2) is 59.8 Å². The Morgan fingerprint density at radius 3 is 2.69 bits per heavy atom. The molecular weight excluding hydrogens is 410 g/mol. The van der Waals surface area contributed by atoms with Crippen LogP contribution in [0.2, 0.25) is 0 Å². The fourth-order valence-corrected chi connectivity index (χ4v) is 5.60. The average Bonchev–Trinajstić information content (AvgIpc) is 3.36. The molecule has 2 aromatic heterocycles. The molecule has 4 rings (SSSR count). The van der Waals surface area contributed by atoms with Gasteiger partial charge in [-0.2, -0.15) is 13.8 Å². The lowest BCUT2D eigenvalue weighted by molar-refractivity contribution is 0.414. The van der Waals surface area contributed by atoms with Crippen molar-refractivity contribution in [2.24, 2.45) is 7.05 Å². The lowest BCUT2D eigenvalue weighted by atomic mass is 10.1. The summed E-state index contributed by atoms with van der Waals surface area (Å²) in [5.74, 6) is 0.656. The maximum absolute atomic E-state index is 13.8. The Bertz CT molecular complexity index is 1270. The third-order valence-electron chi connectivity index (χ3n) is 4.66. The van der Waals surface area contributed by atoms with E-state index in [1.807, 2.05) is 31.2 Å². The van der Waals surface area contributed by atoms with Crippen LogP contribution in [0.1, 0.15) is 18.5 Å². The van der Waals surface area contributed by atoms with Crippen LogP contribution in [0.4, 0.5) is 5.69 Å². The number of aromatic nitrogens is 4. The van der Waals surface area contributed by atoms with Gasteiger partial charge in [-0.3, -0.25) is 8.99 Å². The van der Waals surface area contributed by atoms with Crippen LogP contribution >= 0.6 is 11.7 Å². The number of rotatable bonds is 6. The number of ether oxygens (including phenoxy) is 1. The monoisotopic (exact) mass is 429 g/mol. The Morgan fingerprint density at radius 1 is 1.17 bits per heavy atom. The normalized spacial score (nSPS) is 12.8. The number of nitrogens with zero attached hydrogens (tertiary/aromatic N) is 5. The largest absolute Gasteiger partial charge is 0.497 e. The molecule has 0 fully saturated rings. The summed E-state index contributed by atoms with van der Waals surface area (Å²) in [4.78, 5) is 0.113. The molecule has 0 aliphatic heterocycles. The summed E-state index contributed by atoms with van der Waals surface area (Å²) < 4.78 is 44.3. The summed E-state index contributed by atoms with van der Waals surface area (Å²) in [5, 5.41) is 4.17. The third kappa shape index (κ3) is 3.45. The molecule has 29 heavy (non-hydrogen) atoms. The van der Waals surface area contributed by atoms with Crippen molar-refractivity contribution >= 4 is 38.5 Å². The lowest BCUT2D eigenvalue weighted by Gasteiger charge is -2.29. The molecule has 0 spiro atoms. The first-order valence-electron chi connectivity index (χ1n) is 8.80. The fraction of sp³-hybridized carbons (Fsp3) is 0.211. The van der Waals surface area contributed by atoms with Crippen molar-refractivity contribution in [2.45, 2.75) is 17.9 Å². The molecule has 0 saturated carbocycles. The van der Waals surface area contributed by atoms with Crippen LogP contribution < -0.4 is 9.04 Å². The van der Waals surface area contributed by atoms with Crippen molar-refractivity contribution in [2.75, 3.05) is 11.4 Å². The van der Waals surface area contributed by atoms with Crippen LogP contribution in [0, 0.1) is 0 Å². The van der Waals surface area contributed by atoms with Gasteiger partial charge in [-0.15, -0.1) is 0 Å². The van der Waals surface area contributed by atoms with Crippen LogP contribution in [0.5, 0.6) is 5.75 Å². The molecular formula is C19H19N5O3S2. The van der Waals surface area contributed by atoms with Crippen LogP contribution in [0.3, 0.4) is 0 Å². The Kier molecular flexibility index (Phi) is 4.97. The highest BCUT2D eigenvalue weighted by molar-refractivity contribution is 7.93. The van der Waals surface area contributed by atoms with Gasteiger partial charge in [0.2, 0.25) is 0 Å². The summed E-state index contributed by atoms with van der Waals surface area (Å²) in [6.45, 7) is 1.83. The van der Waals surface area contributed by atoms with Crippen molar-refractivity contribution in [1.82, 2.24) is 18.5 Å². The number of sulfonamides is 1. The number of aryl methyl sites for hydroxylation is 1. The summed E-state index contributed by atoms with van der Waals surface area (Å²) in [6.07, 6.45) is 3.21. The maximum Gasteiger partial charge on any atom is 0.267 e. The molecule has 0 radical (unpaired) electrons. The van der Waals surface area contributed by atoms with Gasteiger partial charge in [0.25, 0.3) is 10.0 Å². The zero-order valence-corrected chi connectivity index (χ0v) is 17.7. The van der Waals surface area contributed by atoms with E-state index in [-0.39, 0.29) is 4.90 Å². The summed E-state index contributed by atoms with van der Waals surface area (Å²) in [7, 11) is -0.637. The molecule has 10 heteroatoms. The molecule has 0 saturated heterocycles. The fourth-order valence-electron chi connectivity index (χ4n) is 3.22. The van der Waals surface area contributed by atoms with Gasteiger partial charge in [-0.25, -0.2) is 8.42 Å². The van der Waals surface area contributed by atoms with Gasteiger partial charge in [-0.05, 0) is 36.8 Å². The number of anilines is 1. The van der Waals surface area contributed by atoms with E-state index in [0.717, 1.165) is 17.3 Å². The van der Waals surface area contributed by atoms with E-state index < -0.39 is 16.1 Å². The van der Waals surface area contributed by atoms with Gasteiger partial charge < -0.3 is 4.74 Å². The van der Waals surface area contributed by atoms with E-state index in [0.29, 0.717) is 22.5 Å². The van der Waals surface area contributed by atoms with E-state index in [2.05, 4.69) is 13.8 Å². The number of methoxy groups -OCH3 is 1. The first-order valence-corrected chi connectivity index (χ1v) is 11.0. The first kappa shape index (κ1) is 19.3. The molecule has 0 bridgehead atoms. The zero-order chi connectivity index (χ0) is 20.6. The first-order chi connectivity index (χ1) is 13.9. The molecule has 2 heterocycles. The second kappa shape index (κ2) is 7.45. The van der Waals surface area contributed by atoms with Gasteiger partial charge in [0.15, 0.2) is 0 Å². The second-order valence-corrected chi connectivity index (χ2v) is 8.83. The number of benzene rings is 2. The van der Waals surface area contributed by atoms with Gasteiger partial charge in [-0.1, -0.05) is 18.2 Å². The number of hydrogen-bond donors (Lipinski definition) is 0. The molecule has 8 nitrogen and oxygen atoms in total. The van der Waals surface area contributed by atoms with E-state index in [1.165, 1.54) is 10.5 Å². The van der Waals surface area contributed by atoms with Crippen molar-refractivity contribution < 1.29 is 13.2 Å². The Balaban J connectivity index is 1.90. The molecule has 0 amide bonds. The maximum atomic E-state index is 13.8. The molecule has 0 N–H and O–H groups in total. The van der Waals surface area contributed by atoms with Crippen LogP contribution in [-0.2, 0) is 17.1 Å². The second-order valence-electron chi connectivity index (χ2n) is 6.51. The standard InChI is InChI=1S/C19H19N5O3S2/c1-13(14-6-4-7-16(10-14)27-3)24(15-11-20-23(2)12-15)29(25,26)18-9-5-8-17-19(18)22-28-21-17/h4-13H,1-3H3/t13-/m1/s1. The molecule has 4 aromatic rings. The van der Waals surface area contributed by atoms with E-state index in [9.17, 15) is 8.42 Å². The summed E-state index contributed by atoms with van der Waals surface area (Å²) >= 11 is 0.989. The minimum atomic E-state index is -3.96.